The number of carbonyl (C=O) groups excluding carboxylic acids is 1. The van der Waals surface area contributed by atoms with Crippen molar-refractivity contribution >= 4 is 15.7 Å². The highest BCUT2D eigenvalue weighted by molar-refractivity contribution is 7.92. The van der Waals surface area contributed by atoms with Crippen LogP contribution in [0, 0.1) is 5.92 Å². The van der Waals surface area contributed by atoms with E-state index in [9.17, 15) is 26.4 Å². The number of nitrogens with one attached hydrogen (secondary N) is 1. The minimum atomic E-state index is -5.66. The molecule has 1 atom stereocenters. The van der Waals surface area contributed by atoms with E-state index >= 15 is 0 Å². The van der Waals surface area contributed by atoms with Crippen molar-refractivity contribution in [3.8, 4) is 0 Å². The first-order valence-corrected chi connectivity index (χ1v) is 7.70. The summed E-state index contributed by atoms with van der Waals surface area (Å²) in [7, 11) is -5.66. The minimum absolute atomic E-state index is 0.223. The Morgan fingerprint density at radius 1 is 1.43 bits per heavy atom. The maximum Gasteiger partial charge on any atom is 0.503 e. The van der Waals surface area contributed by atoms with Crippen LogP contribution >= 0.6 is 0 Å². The Bertz CT molecular complexity index is 654. The van der Waals surface area contributed by atoms with Gasteiger partial charge in [-0.25, -0.2) is 13.4 Å². The van der Waals surface area contributed by atoms with Gasteiger partial charge in [0.1, 0.15) is 0 Å². The summed E-state index contributed by atoms with van der Waals surface area (Å²) in [5, 5.41) is 1.25. The fourth-order valence-corrected chi connectivity index (χ4v) is 2.76. The first-order valence-electron chi connectivity index (χ1n) is 6.22. The Balaban J connectivity index is 2.35. The number of halogens is 3. The van der Waals surface area contributed by atoms with Gasteiger partial charge in [0.2, 0.25) is 0 Å². The summed E-state index contributed by atoms with van der Waals surface area (Å²) in [5.74, 6) is -0.585. The minimum Gasteiger partial charge on any atom is -0.349 e. The lowest BCUT2D eigenvalue weighted by Crippen LogP contribution is -2.36. The summed E-state index contributed by atoms with van der Waals surface area (Å²) < 4.78 is 60.7. The van der Waals surface area contributed by atoms with E-state index in [2.05, 4.69) is 10.3 Å². The molecule has 1 unspecified atom stereocenters. The third-order valence-corrected chi connectivity index (χ3v) is 4.71. The normalized spacial score (nSPS) is 17.3. The number of pyridine rings is 1. The third-order valence-electron chi connectivity index (χ3n) is 3.26. The molecule has 1 N–H and O–H groups in total. The van der Waals surface area contributed by atoms with Gasteiger partial charge in [0.25, 0.3) is 15.7 Å². The maximum absolute atomic E-state index is 12.6. The van der Waals surface area contributed by atoms with E-state index in [0.29, 0.717) is 0 Å². The van der Waals surface area contributed by atoms with Crippen LogP contribution in [-0.2, 0) is 9.84 Å². The summed E-state index contributed by atoms with van der Waals surface area (Å²) in [5.41, 5.74) is -6.10. The highest BCUT2D eigenvalue weighted by atomic mass is 32.2. The van der Waals surface area contributed by atoms with Gasteiger partial charge in [0.05, 0.1) is 5.56 Å². The summed E-state index contributed by atoms with van der Waals surface area (Å²) in [6, 6.07) is 2.01. The second-order valence-corrected chi connectivity index (χ2v) is 6.76. The van der Waals surface area contributed by atoms with Gasteiger partial charge in [-0.3, -0.25) is 4.79 Å². The van der Waals surface area contributed by atoms with Crippen LogP contribution < -0.4 is 5.32 Å². The number of hydrogen-bond acceptors (Lipinski definition) is 4. The molecule has 1 aliphatic carbocycles. The van der Waals surface area contributed by atoms with Crippen molar-refractivity contribution in [3.05, 3.63) is 23.9 Å². The second kappa shape index (κ2) is 5.28. The Hall–Kier alpha value is -1.64. The lowest BCUT2D eigenvalue weighted by molar-refractivity contribution is -0.0438. The molecule has 0 radical (unpaired) electrons. The molecule has 2 rings (SSSR count). The zero-order valence-corrected chi connectivity index (χ0v) is 11.8. The van der Waals surface area contributed by atoms with Crippen LogP contribution in [0.2, 0.25) is 0 Å². The first-order chi connectivity index (χ1) is 9.64. The molecule has 21 heavy (non-hydrogen) atoms. The van der Waals surface area contributed by atoms with Gasteiger partial charge >= 0.3 is 5.51 Å². The van der Waals surface area contributed by atoms with Gasteiger partial charge in [0.15, 0.2) is 5.03 Å². The van der Waals surface area contributed by atoms with Gasteiger partial charge in [-0.05, 0) is 37.8 Å². The number of rotatable bonds is 4. The average molecular weight is 322 g/mol. The zero-order chi connectivity index (χ0) is 15.8. The number of carbonyl (C=O) groups is 1. The van der Waals surface area contributed by atoms with Crippen molar-refractivity contribution in [2.24, 2.45) is 5.92 Å². The van der Waals surface area contributed by atoms with E-state index in [4.69, 9.17) is 0 Å². The molecule has 1 aliphatic rings. The van der Waals surface area contributed by atoms with E-state index in [1.807, 2.05) is 0 Å². The molecule has 1 aromatic heterocycles. The second-order valence-electron chi connectivity index (χ2n) is 4.90. The van der Waals surface area contributed by atoms with Gasteiger partial charge < -0.3 is 5.32 Å². The lowest BCUT2D eigenvalue weighted by Gasteiger charge is -2.15. The quantitative estimate of drug-likeness (QED) is 0.918. The molecule has 1 saturated carbocycles. The lowest BCUT2D eigenvalue weighted by atomic mass is 10.2. The molecule has 0 aromatic carbocycles. The Morgan fingerprint density at radius 2 is 2.05 bits per heavy atom. The van der Waals surface area contributed by atoms with Crippen molar-refractivity contribution in [1.82, 2.24) is 10.3 Å². The number of alkyl halides is 3. The number of hydrogen-bond donors (Lipinski definition) is 1. The highest BCUT2D eigenvalue weighted by Gasteiger charge is 2.49. The Morgan fingerprint density at radius 3 is 2.57 bits per heavy atom. The monoisotopic (exact) mass is 322 g/mol. The van der Waals surface area contributed by atoms with E-state index in [0.717, 1.165) is 25.1 Å². The summed E-state index contributed by atoms with van der Waals surface area (Å²) >= 11 is 0. The molecule has 1 amide bonds. The highest BCUT2D eigenvalue weighted by Crippen LogP contribution is 2.33. The van der Waals surface area contributed by atoms with Crippen LogP contribution in [0.15, 0.2) is 23.4 Å². The Labute approximate surface area is 119 Å². The molecule has 0 bridgehead atoms. The third kappa shape index (κ3) is 3.17. The van der Waals surface area contributed by atoms with Crippen molar-refractivity contribution in [1.29, 1.82) is 0 Å². The van der Waals surface area contributed by atoms with Crippen molar-refractivity contribution in [3.63, 3.8) is 0 Å². The molecule has 0 spiro atoms. The topological polar surface area (TPSA) is 76.1 Å². The molecule has 0 aliphatic heterocycles. The molecule has 116 valence electrons. The van der Waals surface area contributed by atoms with Gasteiger partial charge in [-0.2, -0.15) is 13.2 Å². The van der Waals surface area contributed by atoms with Crippen LogP contribution in [0.5, 0.6) is 0 Å². The molecule has 1 heterocycles. The smallest absolute Gasteiger partial charge is 0.349 e. The number of sulfone groups is 1. The van der Waals surface area contributed by atoms with Crippen molar-refractivity contribution in [2.45, 2.75) is 36.3 Å². The van der Waals surface area contributed by atoms with Crippen LogP contribution in [0.3, 0.4) is 0 Å². The van der Waals surface area contributed by atoms with E-state index in [-0.39, 0.29) is 12.0 Å². The fourth-order valence-electron chi connectivity index (χ4n) is 1.89. The van der Waals surface area contributed by atoms with Gasteiger partial charge in [-0.15, -0.1) is 0 Å². The molecule has 0 saturated heterocycles. The van der Waals surface area contributed by atoms with Crippen LogP contribution in [0.4, 0.5) is 13.2 Å². The summed E-state index contributed by atoms with van der Waals surface area (Å²) in [6.07, 6.45) is 2.77. The average Bonchev–Trinajstić information content (AvgIpc) is 3.21. The Kier molecular flexibility index (Phi) is 3.96. The SMILES string of the molecule is CC(NC(=O)c1cccnc1S(=O)(=O)C(F)(F)F)C1CC1. The van der Waals surface area contributed by atoms with Crippen LogP contribution in [0.1, 0.15) is 30.1 Å². The fraction of sp³-hybridized carbons (Fsp3) is 0.500. The van der Waals surface area contributed by atoms with Gasteiger partial charge in [0, 0.05) is 12.2 Å². The maximum atomic E-state index is 12.6. The van der Waals surface area contributed by atoms with E-state index in [1.54, 1.807) is 6.92 Å². The van der Waals surface area contributed by atoms with E-state index in [1.165, 1.54) is 6.07 Å². The molecule has 5 nitrogen and oxygen atoms in total. The van der Waals surface area contributed by atoms with Crippen LogP contribution in [0.25, 0.3) is 0 Å². The number of nitrogens with zero attached hydrogens (tertiary/aromatic N) is 1. The van der Waals surface area contributed by atoms with Gasteiger partial charge in [-0.1, -0.05) is 0 Å². The molecule has 1 aromatic rings. The molecular formula is C12H13F3N2O3S. The summed E-state index contributed by atoms with van der Waals surface area (Å²) in [4.78, 5) is 15.2. The molecule has 1 fully saturated rings. The predicted octanol–water partition coefficient (Wildman–Crippen LogP) is 1.90. The molecule has 9 heteroatoms. The summed E-state index contributed by atoms with van der Waals surface area (Å²) in [6.45, 7) is 1.73. The van der Waals surface area contributed by atoms with E-state index < -0.39 is 31.8 Å². The number of amides is 1. The van der Waals surface area contributed by atoms with Crippen molar-refractivity contribution < 1.29 is 26.4 Å². The standard InChI is InChI=1S/C12H13F3N2O3S/c1-7(8-4-5-8)17-10(18)9-3-2-6-16-11(9)21(19,20)12(13,14)15/h2-3,6-8H,4-5H2,1H3,(H,17,18). The van der Waals surface area contributed by atoms with Crippen LogP contribution in [-0.4, -0.2) is 30.9 Å². The first kappa shape index (κ1) is 15.7. The molecular weight excluding hydrogens is 309 g/mol. The zero-order valence-electron chi connectivity index (χ0n) is 11.0. The number of aromatic nitrogens is 1. The van der Waals surface area contributed by atoms with Crippen molar-refractivity contribution in [2.75, 3.05) is 0 Å². The predicted molar refractivity (Wildman–Crippen MR) is 67.1 cm³/mol. The largest absolute Gasteiger partial charge is 0.503 e.